The molecule has 0 aliphatic heterocycles. The van der Waals surface area contributed by atoms with Gasteiger partial charge in [0.1, 0.15) is 0 Å². The van der Waals surface area contributed by atoms with Crippen molar-refractivity contribution in [1.29, 1.82) is 0 Å². The van der Waals surface area contributed by atoms with Crippen LogP contribution in [0.3, 0.4) is 0 Å². The normalized spacial score (nSPS) is 13.0. The highest BCUT2D eigenvalue weighted by Crippen LogP contribution is 2.27. The summed E-state index contributed by atoms with van der Waals surface area (Å²) in [5.41, 5.74) is 0. The zero-order valence-electron chi connectivity index (χ0n) is 31.4. The Morgan fingerprint density at radius 1 is 0.302 bits per heavy atom. The first-order chi connectivity index (χ1) is 20.5. The van der Waals surface area contributed by atoms with E-state index in [1.165, 1.54) is 172 Å². The third-order valence-corrected chi connectivity index (χ3v) is 23.8. The monoisotopic (exact) mass is 675 g/mol. The average Bonchev–Trinajstić information content (AvgIpc) is 2.92. The molecule has 0 aromatic carbocycles. The predicted molar refractivity (Wildman–Crippen MR) is 205 cm³/mol. The summed E-state index contributed by atoms with van der Waals surface area (Å²) in [5, 5.41) is 0. The van der Waals surface area contributed by atoms with Gasteiger partial charge in [-0.25, -0.2) is 0 Å². The molecule has 0 atom stereocenters. The maximum Gasteiger partial charge on any atom is 0.452 e. The highest BCUT2D eigenvalue weighted by atomic mass is 28.5. The van der Waals surface area contributed by atoms with Gasteiger partial charge in [-0.1, -0.05) is 175 Å². The minimum Gasteiger partial charge on any atom is -0.419 e. The lowest BCUT2D eigenvalue weighted by molar-refractivity contribution is 0.292. The van der Waals surface area contributed by atoms with E-state index < -0.39 is 34.5 Å². The smallest absolute Gasteiger partial charge is 0.419 e. The molecule has 0 unspecified atom stereocenters. The van der Waals surface area contributed by atoms with E-state index in [-0.39, 0.29) is 0 Å². The third-order valence-electron chi connectivity index (χ3n) is 9.14. The number of hydrogen-bond donors (Lipinski definition) is 0. The summed E-state index contributed by atoms with van der Waals surface area (Å²) in [7, 11) is -7.59. The molecule has 0 amide bonds. The SMILES string of the molecule is CCCCCCCCCC[Si](C)(C)O[SiH](O[Si](C)(C)CCCCCCCCCC)O[Si](C)(C)CCCCCCCCCC. The summed E-state index contributed by atoms with van der Waals surface area (Å²) in [5.74, 6) is 0. The van der Waals surface area contributed by atoms with Gasteiger partial charge in [-0.15, -0.1) is 0 Å². The molecule has 0 rings (SSSR count). The standard InChI is InChI=1S/C36H82O3Si4/c1-10-13-16-19-22-25-28-31-34-41(4,5)37-40(38-42(6,7)35-32-29-26-23-20-17-14-11-2)39-43(8,9)36-33-30-27-24-21-18-15-12-3/h40H,10-36H2,1-9H3. The van der Waals surface area contributed by atoms with E-state index in [0.29, 0.717) is 0 Å². The molecule has 0 N–H and O–H groups in total. The maximum atomic E-state index is 7.04. The first kappa shape index (κ1) is 43.7. The lowest BCUT2D eigenvalue weighted by Crippen LogP contribution is -2.51. The van der Waals surface area contributed by atoms with Crippen LogP contribution in [0.25, 0.3) is 0 Å². The highest BCUT2D eigenvalue weighted by Gasteiger charge is 2.38. The Bertz CT molecular complexity index is 520. The van der Waals surface area contributed by atoms with Gasteiger partial charge in [0.25, 0.3) is 0 Å². The van der Waals surface area contributed by atoms with E-state index in [9.17, 15) is 0 Å². The summed E-state index contributed by atoms with van der Waals surface area (Å²) in [4.78, 5) is 0. The van der Waals surface area contributed by atoms with Crippen LogP contribution >= 0.6 is 0 Å². The molecular formula is C36H82O3Si4. The molecule has 0 bridgehead atoms. The Labute approximate surface area is 278 Å². The molecule has 0 fully saturated rings. The molecule has 3 nitrogen and oxygen atoms in total. The van der Waals surface area contributed by atoms with Crippen molar-refractivity contribution in [2.24, 2.45) is 0 Å². The third kappa shape index (κ3) is 29.9. The first-order valence-corrected chi connectivity index (χ1v) is 30.3. The molecule has 7 heteroatoms. The molecule has 0 heterocycles. The van der Waals surface area contributed by atoms with Gasteiger partial charge in [0.15, 0.2) is 25.0 Å². The Morgan fingerprint density at radius 2 is 0.488 bits per heavy atom. The Kier molecular flexibility index (Phi) is 28.3. The summed E-state index contributed by atoms with van der Waals surface area (Å²) in [6, 6.07) is 3.74. The summed E-state index contributed by atoms with van der Waals surface area (Å²) in [6.07, 6.45) is 33.1. The van der Waals surface area contributed by atoms with Crippen molar-refractivity contribution < 1.29 is 12.3 Å². The molecule has 0 saturated heterocycles. The van der Waals surface area contributed by atoms with Gasteiger partial charge in [0.2, 0.25) is 0 Å². The van der Waals surface area contributed by atoms with E-state index in [1.54, 1.807) is 0 Å². The molecular weight excluding hydrogens is 593 g/mol. The van der Waals surface area contributed by atoms with Gasteiger partial charge in [0, 0.05) is 0 Å². The molecule has 0 aromatic rings. The van der Waals surface area contributed by atoms with Crippen LogP contribution in [0.5, 0.6) is 0 Å². The second-order valence-electron chi connectivity index (χ2n) is 15.6. The summed E-state index contributed by atoms with van der Waals surface area (Å²) < 4.78 is 21.1. The fourth-order valence-corrected chi connectivity index (χ4v) is 18.9. The minimum absolute atomic E-state index is 1.25. The molecule has 0 spiro atoms. The van der Waals surface area contributed by atoms with Crippen molar-refractivity contribution in [2.45, 2.75) is 232 Å². The van der Waals surface area contributed by atoms with Gasteiger partial charge < -0.3 is 12.3 Å². The second-order valence-corrected chi connectivity index (χ2v) is 31.1. The fraction of sp³-hybridized carbons (Fsp3) is 1.00. The van der Waals surface area contributed by atoms with Crippen LogP contribution in [0, 0.1) is 0 Å². The van der Waals surface area contributed by atoms with Crippen LogP contribution in [-0.4, -0.2) is 34.5 Å². The van der Waals surface area contributed by atoms with Crippen LogP contribution in [0.2, 0.25) is 57.4 Å². The predicted octanol–water partition coefficient (Wildman–Crippen LogP) is 13.8. The fourth-order valence-electron chi connectivity index (χ4n) is 6.08. The van der Waals surface area contributed by atoms with Gasteiger partial charge >= 0.3 is 9.53 Å². The average molecular weight is 675 g/mol. The maximum absolute atomic E-state index is 7.04. The zero-order chi connectivity index (χ0) is 32.3. The number of hydrogen-bond acceptors (Lipinski definition) is 3. The number of rotatable bonds is 33. The van der Waals surface area contributed by atoms with Crippen molar-refractivity contribution in [1.82, 2.24) is 0 Å². The largest absolute Gasteiger partial charge is 0.452 e. The molecule has 43 heavy (non-hydrogen) atoms. The van der Waals surface area contributed by atoms with Crippen LogP contribution in [-0.2, 0) is 12.3 Å². The van der Waals surface area contributed by atoms with Crippen LogP contribution < -0.4 is 0 Å². The highest BCUT2D eigenvalue weighted by molar-refractivity contribution is 6.84. The summed E-state index contributed by atoms with van der Waals surface area (Å²) in [6.45, 7) is 21.5. The van der Waals surface area contributed by atoms with Gasteiger partial charge in [-0.3, -0.25) is 0 Å². The van der Waals surface area contributed by atoms with Crippen molar-refractivity contribution in [2.75, 3.05) is 0 Å². The van der Waals surface area contributed by atoms with Crippen LogP contribution in [0.15, 0.2) is 0 Å². The van der Waals surface area contributed by atoms with Crippen molar-refractivity contribution in [3.05, 3.63) is 0 Å². The second kappa shape index (κ2) is 27.8. The lowest BCUT2D eigenvalue weighted by atomic mass is 10.1. The van der Waals surface area contributed by atoms with Gasteiger partial charge in [-0.2, -0.15) is 0 Å². The van der Waals surface area contributed by atoms with E-state index in [1.807, 2.05) is 0 Å². The molecule has 0 radical (unpaired) electrons. The van der Waals surface area contributed by atoms with Crippen molar-refractivity contribution in [3.8, 4) is 0 Å². The van der Waals surface area contributed by atoms with Crippen LogP contribution in [0.1, 0.15) is 175 Å². The number of unbranched alkanes of at least 4 members (excludes halogenated alkanes) is 21. The first-order valence-electron chi connectivity index (χ1n) is 19.5. The van der Waals surface area contributed by atoms with E-state index >= 15 is 0 Å². The van der Waals surface area contributed by atoms with E-state index in [0.717, 1.165) is 0 Å². The Hall–Kier alpha value is 0.748. The van der Waals surface area contributed by atoms with E-state index in [4.69, 9.17) is 12.3 Å². The van der Waals surface area contributed by atoms with Crippen molar-refractivity contribution >= 4 is 34.5 Å². The minimum atomic E-state index is -2.16. The molecule has 0 aliphatic carbocycles. The Morgan fingerprint density at radius 3 is 0.698 bits per heavy atom. The molecule has 260 valence electrons. The Balaban J connectivity index is 4.86. The molecule has 0 saturated carbocycles. The molecule has 0 aromatic heterocycles. The van der Waals surface area contributed by atoms with Gasteiger partial charge in [0.05, 0.1) is 0 Å². The quantitative estimate of drug-likeness (QED) is 0.0512. The molecule has 0 aliphatic rings. The topological polar surface area (TPSA) is 27.7 Å². The zero-order valence-corrected chi connectivity index (χ0v) is 35.5. The summed E-state index contributed by atoms with van der Waals surface area (Å²) >= 11 is 0. The van der Waals surface area contributed by atoms with Crippen LogP contribution in [0.4, 0.5) is 0 Å². The van der Waals surface area contributed by atoms with Gasteiger partial charge in [-0.05, 0) is 57.4 Å². The van der Waals surface area contributed by atoms with E-state index in [2.05, 4.69) is 60.1 Å². The van der Waals surface area contributed by atoms with Crippen molar-refractivity contribution in [3.63, 3.8) is 0 Å². The lowest BCUT2D eigenvalue weighted by Gasteiger charge is -2.37.